The third kappa shape index (κ3) is 3.86. The predicted octanol–water partition coefficient (Wildman–Crippen LogP) is 2.49. The first-order valence-corrected chi connectivity index (χ1v) is 9.50. The second-order valence-corrected chi connectivity index (χ2v) is 7.15. The van der Waals surface area contributed by atoms with Crippen LogP contribution in [0.2, 0.25) is 0 Å². The Morgan fingerprint density at radius 3 is 2.41 bits per heavy atom. The van der Waals surface area contributed by atoms with Crippen LogP contribution < -0.4 is 9.80 Å². The van der Waals surface area contributed by atoms with Gasteiger partial charge in [-0.1, -0.05) is 6.07 Å². The maximum absolute atomic E-state index is 13.4. The van der Waals surface area contributed by atoms with Gasteiger partial charge in [-0.15, -0.1) is 0 Å². The number of carbonyl (C=O) groups excluding carboxylic acids is 1. The van der Waals surface area contributed by atoms with Crippen LogP contribution in [0.1, 0.15) is 28.9 Å². The van der Waals surface area contributed by atoms with E-state index >= 15 is 0 Å². The summed E-state index contributed by atoms with van der Waals surface area (Å²) in [6, 6.07) is 7.88. The van der Waals surface area contributed by atoms with Crippen molar-refractivity contribution in [1.82, 2.24) is 14.9 Å². The van der Waals surface area contributed by atoms with Gasteiger partial charge in [0, 0.05) is 56.6 Å². The normalized spacial score (nSPS) is 17.5. The molecule has 0 N–H and O–H groups in total. The molecule has 1 aromatic carbocycles. The lowest BCUT2D eigenvalue weighted by Crippen LogP contribution is -2.49. The molecule has 142 valence electrons. The average molecular weight is 369 g/mol. The highest BCUT2D eigenvalue weighted by Gasteiger charge is 2.24. The van der Waals surface area contributed by atoms with Gasteiger partial charge in [-0.3, -0.25) is 4.79 Å². The van der Waals surface area contributed by atoms with Crippen molar-refractivity contribution in [2.75, 3.05) is 49.1 Å². The first-order valence-electron chi connectivity index (χ1n) is 9.50. The minimum atomic E-state index is -0.384. The molecule has 1 amide bonds. The summed E-state index contributed by atoms with van der Waals surface area (Å²) in [4.78, 5) is 28.2. The molecule has 27 heavy (non-hydrogen) atoms. The van der Waals surface area contributed by atoms with Crippen LogP contribution in [0.5, 0.6) is 0 Å². The minimum Gasteiger partial charge on any atom is -0.353 e. The van der Waals surface area contributed by atoms with E-state index in [9.17, 15) is 9.18 Å². The summed E-state index contributed by atoms with van der Waals surface area (Å²) in [5.74, 6) is 1.22. The van der Waals surface area contributed by atoms with Gasteiger partial charge in [-0.2, -0.15) is 4.98 Å². The van der Waals surface area contributed by atoms with E-state index in [0.717, 1.165) is 30.5 Å². The molecule has 0 spiro atoms. The maximum atomic E-state index is 13.4. The molecule has 0 aliphatic carbocycles. The van der Waals surface area contributed by atoms with Gasteiger partial charge in [0.1, 0.15) is 11.6 Å². The van der Waals surface area contributed by atoms with E-state index in [-0.39, 0.29) is 11.7 Å². The van der Waals surface area contributed by atoms with Gasteiger partial charge in [0.05, 0.1) is 0 Å². The molecule has 3 heterocycles. The molecule has 2 aliphatic rings. The average Bonchev–Trinajstić information content (AvgIpc) is 3.22. The van der Waals surface area contributed by atoms with Crippen LogP contribution in [-0.2, 0) is 0 Å². The van der Waals surface area contributed by atoms with Crippen LogP contribution in [0.15, 0.2) is 30.3 Å². The first kappa shape index (κ1) is 17.7. The van der Waals surface area contributed by atoms with Gasteiger partial charge in [0.15, 0.2) is 0 Å². The summed E-state index contributed by atoms with van der Waals surface area (Å²) >= 11 is 0. The molecule has 7 heteroatoms. The fraction of sp³-hybridized carbons (Fsp3) is 0.450. The highest BCUT2D eigenvalue weighted by atomic mass is 19.1. The van der Waals surface area contributed by atoms with E-state index in [1.54, 1.807) is 17.0 Å². The number of anilines is 2. The summed E-state index contributed by atoms with van der Waals surface area (Å²) in [6.45, 7) is 6.62. The van der Waals surface area contributed by atoms with Crippen LogP contribution in [0.25, 0.3) is 0 Å². The van der Waals surface area contributed by atoms with Crippen molar-refractivity contribution in [2.24, 2.45) is 0 Å². The van der Waals surface area contributed by atoms with E-state index in [0.29, 0.717) is 31.7 Å². The Balaban J connectivity index is 1.44. The van der Waals surface area contributed by atoms with Crippen LogP contribution in [-0.4, -0.2) is 60.0 Å². The van der Waals surface area contributed by atoms with E-state index in [1.165, 1.54) is 25.0 Å². The first-order chi connectivity index (χ1) is 13.1. The molecule has 0 saturated carbocycles. The SMILES string of the molecule is Cc1cc(N2CCN(C(=O)c3cccc(F)c3)CC2)nc(N2CCCC2)n1. The standard InChI is InChI=1S/C20H24FN5O/c1-15-13-18(23-20(22-15)26-7-2-3-8-26)24-9-11-25(12-10-24)19(27)16-5-4-6-17(21)14-16/h4-6,13-14H,2-3,7-12H2,1H3. The highest BCUT2D eigenvalue weighted by molar-refractivity contribution is 5.94. The maximum Gasteiger partial charge on any atom is 0.254 e. The zero-order valence-corrected chi connectivity index (χ0v) is 15.6. The number of piperazine rings is 1. The second-order valence-electron chi connectivity index (χ2n) is 7.15. The quantitative estimate of drug-likeness (QED) is 0.832. The predicted molar refractivity (Wildman–Crippen MR) is 103 cm³/mol. The lowest BCUT2D eigenvalue weighted by molar-refractivity contribution is 0.0746. The number of hydrogen-bond acceptors (Lipinski definition) is 5. The number of carbonyl (C=O) groups is 1. The van der Waals surface area contributed by atoms with Gasteiger partial charge in [-0.05, 0) is 38.0 Å². The number of nitrogens with zero attached hydrogens (tertiary/aromatic N) is 5. The van der Waals surface area contributed by atoms with E-state index in [1.807, 2.05) is 13.0 Å². The number of rotatable bonds is 3. The third-order valence-corrected chi connectivity index (χ3v) is 5.18. The molecule has 4 rings (SSSR count). The van der Waals surface area contributed by atoms with Crippen molar-refractivity contribution >= 4 is 17.7 Å². The number of aromatic nitrogens is 2. The number of hydrogen-bond donors (Lipinski definition) is 0. The van der Waals surface area contributed by atoms with Gasteiger partial charge in [0.2, 0.25) is 5.95 Å². The van der Waals surface area contributed by atoms with E-state index in [4.69, 9.17) is 4.98 Å². The Labute approximate surface area is 158 Å². The Morgan fingerprint density at radius 1 is 0.963 bits per heavy atom. The molecular formula is C20H24FN5O. The summed E-state index contributed by atoms with van der Waals surface area (Å²) in [7, 11) is 0. The highest BCUT2D eigenvalue weighted by Crippen LogP contribution is 2.22. The van der Waals surface area contributed by atoms with Crippen molar-refractivity contribution in [3.8, 4) is 0 Å². The number of amides is 1. The molecule has 2 aromatic rings. The lowest BCUT2D eigenvalue weighted by Gasteiger charge is -2.35. The van der Waals surface area contributed by atoms with E-state index in [2.05, 4.69) is 14.8 Å². The Bertz CT molecular complexity index is 829. The van der Waals surface area contributed by atoms with E-state index < -0.39 is 0 Å². The molecule has 2 fully saturated rings. The van der Waals surface area contributed by atoms with Crippen LogP contribution in [0.3, 0.4) is 0 Å². The fourth-order valence-electron chi connectivity index (χ4n) is 3.70. The molecule has 0 unspecified atom stereocenters. The topological polar surface area (TPSA) is 52.6 Å². The Morgan fingerprint density at radius 2 is 1.70 bits per heavy atom. The van der Waals surface area contributed by atoms with Gasteiger partial charge in [0.25, 0.3) is 5.91 Å². The summed E-state index contributed by atoms with van der Waals surface area (Å²) in [5, 5.41) is 0. The molecule has 2 aliphatic heterocycles. The second kappa shape index (κ2) is 7.50. The van der Waals surface area contributed by atoms with Gasteiger partial charge < -0.3 is 14.7 Å². The zero-order valence-electron chi connectivity index (χ0n) is 15.6. The molecule has 6 nitrogen and oxygen atoms in total. The number of halogens is 1. The van der Waals surface area contributed by atoms with Crippen molar-refractivity contribution < 1.29 is 9.18 Å². The smallest absolute Gasteiger partial charge is 0.254 e. The fourth-order valence-corrected chi connectivity index (χ4v) is 3.70. The lowest BCUT2D eigenvalue weighted by atomic mass is 10.1. The molecule has 1 aromatic heterocycles. The largest absolute Gasteiger partial charge is 0.353 e. The number of benzene rings is 1. The summed E-state index contributed by atoms with van der Waals surface area (Å²) in [5.41, 5.74) is 1.36. The van der Waals surface area contributed by atoms with Crippen LogP contribution in [0, 0.1) is 12.7 Å². The third-order valence-electron chi connectivity index (χ3n) is 5.18. The summed E-state index contributed by atoms with van der Waals surface area (Å²) in [6.07, 6.45) is 2.38. The van der Waals surface area contributed by atoms with Crippen molar-refractivity contribution in [1.29, 1.82) is 0 Å². The van der Waals surface area contributed by atoms with Crippen molar-refractivity contribution in [3.63, 3.8) is 0 Å². The Kier molecular flexibility index (Phi) is 4.92. The van der Waals surface area contributed by atoms with Crippen LogP contribution in [0.4, 0.5) is 16.2 Å². The molecule has 2 saturated heterocycles. The van der Waals surface area contributed by atoms with Gasteiger partial charge in [-0.25, -0.2) is 9.37 Å². The van der Waals surface area contributed by atoms with Gasteiger partial charge >= 0.3 is 0 Å². The monoisotopic (exact) mass is 369 g/mol. The Hall–Kier alpha value is -2.70. The molecule has 0 radical (unpaired) electrons. The minimum absolute atomic E-state index is 0.120. The molecule has 0 atom stereocenters. The number of aryl methyl sites for hydroxylation is 1. The molecule has 0 bridgehead atoms. The molecular weight excluding hydrogens is 345 g/mol. The zero-order chi connectivity index (χ0) is 18.8. The van der Waals surface area contributed by atoms with Crippen molar-refractivity contribution in [3.05, 3.63) is 47.4 Å². The summed E-state index contributed by atoms with van der Waals surface area (Å²) < 4.78 is 13.4. The van der Waals surface area contributed by atoms with Crippen LogP contribution >= 0.6 is 0 Å². The van der Waals surface area contributed by atoms with Crippen molar-refractivity contribution in [2.45, 2.75) is 19.8 Å².